The molecule has 1 N–H and O–H groups in total. The molecular formula is C9H10N2O2. The summed E-state index contributed by atoms with van der Waals surface area (Å²) in [4.78, 5) is 4.11. The smallest absolute Gasteiger partial charge is 0.394 e. The highest BCUT2D eigenvalue weighted by Crippen LogP contribution is 2.22. The second kappa shape index (κ2) is 2.97. The van der Waals surface area contributed by atoms with Crippen LogP contribution in [0.5, 0.6) is 6.08 Å². The number of nitrogens with one attached hydrogen (secondary N) is 1. The third-order valence-corrected chi connectivity index (χ3v) is 1.83. The number of hydrogen-bond donors (Lipinski definition) is 1. The molecule has 13 heavy (non-hydrogen) atoms. The molecule has 1 aromatic heterocycles. The molecule has 0 amide bonds. The lowest BCUT2D eigenvalue weighted by Gasteiger charge is -1.95. The Morgan fingerprint density at radius 2 is 2.31 bits per heavy atom. The predicted octanol–water partition coefficient (Wildman–Crippen LogP) is 1.88. The van der Waals surface area contributed by atoms with E-state index >= 15 is 0 Å². The van der Waals surface area contributed by atoms with E-state index in [4.69, 9.17) is 9.15 Å². The SMILES string of the molecule is CNc1ccc2oc(OC)nc2c1. The summed E-state index contributed by atoms with van der Waals surface area (Å²) >= 11 is 0. The lowest BCUT2D eigenvalue weighted by molar-refractivity contribution is 0.299. The molecule has 2 aromatic rings. The average molecular weight is 178 g/mol. The third kappa shape index (κ3) is 1.30. The van der Waals surface area contributed by atoms with E-state index in [0.29, 0.717) is 6.08 Å². The maximum absolute atomic E-state index is 5.26. The number of fused-ring (bicyclic) bond motifs is 1. The zero-order valence-corrected chi connectivity index (χ0v) is 7.50. The van der Waals surface area contributed by atoms with Gasteiger partial charge in [0, 0.05) is 12.7 Å². The molecule has 0 saturated heterocycles. The van der Waals surface area contributed by atoms with Gasteiger partial charge in [-0.05, 0) is 18.2 Å². The fourth-order valence-corrected chi connectivity index (χ4v) is 1.15. The van der Waals surface area contributed by atoms with Gasteiger partial charge in [0.25, 0.3) is 0 Å². The van der Waals surface area contributed by atoms with Gasteiger partial charge in [0.05, 0.1) is 7.11 Å². The first-order valence-corrected chi connectivity index (χ1v) is 3.96. The minimum atomic E-state index is 0.295. The average Bonchev–Trinajstić information content (AvgIpc) is 2.58. The van der Waals surface area contributed by atoms with Gasteiger partial charge < -0.3 is 14.5 Å². The summed E-state index contributed by atoms with van der Waals surface area (Å²) in [6.07, 6.45) is 0.295. The van der Waals surface area contributed by atoms with Crippen LogP contribution in [-0.2, 0) is 0 Å². The number of rotatable bonds is 2. The number of oxazole rings is 1. The molecule has 68 valence electrons. The lowest BCUT2D eigenvalue weighted by atomic mass is 10.3. The zero-order valence-electron chi connectivity index (χ0n) is 7.50. The largest absolute Gasteiger partial charge is 0.453 e. The van der Waals surface area contributed by atoms with Crippen molar-refractivity contribution in [2.75, 3.05) is 19.5 Å². The van der Waals surface area contributed by atoms with Crippen molar-refractivity contribution in [3.8, 4) is 6.08 Å². The number of hydrogen-bond acceptors (Lipinski definition) is 4. The Kier molecular flexibility index (Phi) is 1.81. The van der Waals surface area contributed by atoms with E-state index in [1.54, 1.807) is 0 Å². The molecule has 0 aliphatic rings. The molecule has 0 fully saturated rings. The summed E-state index contributed by atoms with van der Waals surface area (Å²) in [5.41, 5.74) is 2.53. The second-order valence-electron chi connectivity index (χ2n) is 2.62. The minimum Gasteiger partial charge on any atom is -0.453 e. The molecule has 0 saturated carbocycles. The monoisotopic (exact) mass is 178 g/mol. The zero-order chi connectivity index (χ0) is 9.26. The van der Waals surface area contributed by atoms with E-state index < -0.39 is 0 Å². The number of anilines is 1. The molecule has 1 aromatic carbocycles. The number of ether oxygens (including phenoxy) is 1. The normalized spacial score (nSPS) is 10.3. The van der Waals surface area contributed by atoms with Crippen LogP contribution in [0.3, 0.4) is 0 Å². The lowest BCUT2D eigenvalue weighted by Crippen LogP contribution is -1.86. The van der Waals surface area contributed by atoms with Gasteiger partial charge in [-0.15, -0.1) is 0 Å². The van der Waals surface area contributed by atoms with Crippen LogP contribution in [-0.4, -0.2) is 19.1 Å². The number of nitrogens with zero attached hydrogens (tertiary/aromatic N) is 1. The van der Waals surface area contributed by atoms with Crippen molar-refractivity contribution < 1.29 is 9.15 Å². The maximum atomic E-state index is 5.26. The molecule has 1 heterocycles. The molecule has 0 radical (unpaired) electrons. The Labute approximate surface area is 75.5 Å². The molecule has 2 rings (SSSR count). The van der Waals surface area contributed by atoms with Crippen LogP contribution in [0.15, 0.2) is 22.6 Å². The third-order valence-electron chi connectivity index (χ3n) is 1.83. The summed E-state index contributed by atoms with van der Waals surface area (Å²) in [6.45, 7) is 0. The summed E-state index contributed by atoms with van der Waals surface area (Å²) < 4.78 is 10.1. The Balaban J connectivity index is 2.57. The van der Waals surface area contributed by atoms with E-state index in [-0.39, 0.29) is 0 Å². The highest BCUT2D eigenvalue weighted by atomic mass is 16.6. The van der Waals surface area contributed by atoms with E-state index in [9.17, 15) is 0 Å². The summed E-state index contributed by atoms with van der Waals surface area (Å²) in [5, 5.41) is 3.02. The first-order chi connectivity index (χ1) is 6.33. The first-order valence-electron chi connectivity index (χ1n) is 3.96. The highest BCUT2D eigenvalue weighted by Gasteiger charge is 2.04. The highest BCUT2D eigenvalue weighted by molar-refractivity contribution is 5.77. The Morgan fingerprint density at radius 1 is 1.46 bits per heavy atom. The van der Waals surface area contributed by atoms with Gasteiger partial charge >= 0.3 is 6.08 Å². The summed E-state index contributed by atoms with van der Waals surface area (Å²) in [5.74, 6) is 0. The molecule has 4 nitrogen and oxygen atoms in total. The van der Waals surface area contributed by atoms with Crippen LogP contribution in [0.2, 0.25) is 0 Å². The van der Waals surface area contributed by atoms with Crippen molar-refractivity contribution in [3.05, 3.63) is 18.2 Å². The maximum Gasteiger partial charge on any atom is 0.394 e. The van der Waals surface area contributed by atoms with Gasteiger partial charge in [-0.1, -0.05) is 0 Å². The minimum absolute atomic E-state index is 0.295. The van der Waals surface area contributed by atoms with Gasteiger partial charge in [0.2, 0.25) is 0 Å². The van der Waals surface area contributed by atoms with E-state index in [2.05, 4.69) is 10.3 Å². The molecule has 0 unspecified atom stereocenters. The molecule has 0 aliphatic heterocycles. The van der Waals surface area contributed by atoms with Crippen molar-refractivity contribution in [1.82, 2.24) is 4.98 Å². The van der Waals surface area contributed by atoms with Gasteiger partial charge in [0.15, 0.2) is 5.58 Å². The van der Waals surface area contributed by atoms with Crippen molar-refractivity contribution in [2.24, 2.45) is 0 Å². The van der Waals surface area contributed by atoms with Gasteiger partial charge in [0.1, 0.15) is 5.52 Å². The molecule has 0 spiro atoms. The van der Waals surface area contributed by atoms with Gasteiger partial charge in [-0.25, -0.2) is 0 Å². The number of methoxy groups -OCH3 is 1. The Hall–Kier alpha value is -1.71. The fraction of sp³-hybridized carbons (Fsp3) is 0.222. The van der Waals surface area contributed by atoms with Gasteiger partial charge in [-0.3, -0.25) is 0 Å². The van der Waals surface area contributed by atoms with Crippen LogP contribution in [0.4, 0.5) is 5.69 Å². The van der Waals surface area contributed by atoms with Crippen LogP contribution in [0.25, 0.3) is 11.1 Å². The topological polar surface area (TPSA) is 47.3 Å². The van der Waals surface area contributed by atoms with E-state index in [0.717, 1.165) is 16.8 Å². The Bertz CT molecular complexity index is 420. The number of benzene rings is 1. The number of aromatic nitrogens is 1. The second-order valence-corrected chi connectivity index (χ2v) is 2.62. The molecule has 0 atom stereocenters. The van der Waals surface area contributed by atoms with Crippen molar-refractivity contribution in [1.29, 1.82) is 0 Å². The quantitative estimate of drug-likeness (QED) is 0.762. The van der Waals surface area contributed by atoms with Crippen molar-refractivity contribution >= 4 is 16.8 Å². The summed E-state index contributed by atoms with van der Waals surface area (Å²) in [6, 6.07) is 5.69. The van der Waals surface area contributed by atoms with E-state index in [1.165, 1.54) is 7.11 Å². The standard InChI is InChI=1S/C9H10N2O2/c1-10-6-3-4-8-7(5-6)11-9(12-2)13-8/h3-5,10H,1-2H3. The van der Waals surface area contributed by atoms with Crippen LogP contribution >= 0.6 is 0 Å². The Morgan fingerprint density at radius 3 is 3.00 bits per heavy atom. The van der Waals surface area contributed by atoms with Crippen LogP contribution in [0.1, 0.15) is 0 Å². The summed E-state index contributed by atoms with van der Waals surface area (Å²) in [7, 11) is 3.39. The van der Waals surface area contributed by atoms with Crippen molar-refractivity contribution in [3.63, 3.8) is 0 Å². The van der Waals surface area contributed by atoms with Crippen LogP contribution < -0.4 is 10.1 Å². The van der Waals surface area contributed by atoms with E-state index in [1.807, 2.05) is 25.2 Å². The molecule has 0 aliphatic carbocycles. The fourth-order valence-electron chi connectivity index (χ4n) is 1.15. The van der Waals surface area contributed by atoms with Crippen molar-refractivity contribution in [2.45, 2.75) is 0 Å². The van der Waals surface area contributed by atoms with Gasteiger partial charge in [-0.2, -0.15) is 4.98 Å². The van der Waals surface area contributed by atoms with Crippen LogP contribution in [0, 0.1) is 0 Å². The predicted molar refractivity (Wildman–Crippen MR) is 50.1 cm³/mol. The first kappa shape index (κ1) is 7.91. The molecular weight excluding hydrogens is 168 g/mol. The molecule has 4 heteroatoms. The molecule has 0 bridgehead atoms.